The highest BCUT2D eigenvalue weighted by molar-refractivity contribution is 14.0. The van der Waals surface area contributed by atoms with Gasteiger partial charge in [0.2, 0.25) is 0 Å². The Labute approximate surface area is 191 Å². The number of rotatable bonds is 6. The molecule has 0 radical (unpaired) electrons. The van der Waals surface area contributed by atoms with Crippen LogP contribution in [0.4, 0.5) is 0 Å². The Balaban J connectivity index is 0.00000240. The zero-order valence-electron chi connectivity index (χ0n) is 17.7. The largest absolute Gasteiger partial charge is 0.356 e. The predicted molar refractivity (Wildman–Crippen MR) is 129 cm³/mol. The van der Waals surface area contributed by atoms with E-state index in [0.29, 0.717) is 6.54 Å². The van der Waals surface area contributed by atoms with Crippen molar-refractivity contribution in [1.29, 1.82) is 0 Å². The van der Waals surface area contributed by atoms with Gasteiger partial charge in [0.25, 0.3) is 0 Å². The minimum Gasteiger partial charge on any atom is -0.356 e. The van der Waals surface area contributed by atoms with E-state index in [4.69, 9.17) is 0 Å². The average Bonchev–Trinajstić information content (AvgIpc) is 3.35. The molecule has 6 nitrogen and oxygen atoms in total. The van der Waals surface area contributed by atoms with Crippen LogP contribution < -0.4 is 10.6 Å². The highest BCUT2D eigenvalue weighted by Gasteiger charge is 2.34. The molecule has 2 aliphatic rings. The number of aromatic nitrogens is 2. The van der Waals surface area contributed by atoms with E-state index >= 15 is 0 Å². The quantitative estimate of drug-likeness (QED) is 0.358. The lowest BCUT2D eigenvalue weighted by molar-refractivity contribution is 0.314. The van der Waals surface area contributed by atoms with Crippen molar-refractivity contribution in [2.45, 2.75) is 45.7 Å². The van der Waals surface area contributed by atoms with Gasteiger partial charge in [0.15, 0.2) is 5.96 Å². The number of benzene rings is 1. The highest BCUT2D eigenvalue weighted by Crippen LogP contribution is 2.31. The molecule has 158 valence electrons. The average molecular weight is 508 g/mol. The lowest BCUT2D eigenvalue weighted by Gasteiger charge is -2.18. The predicted octanol–water partition coefficient (Wildman–Crippen LogP) is 3.26. The molecule has 1 aliphatic carbocycles. The van der Waals surface area contributed by atoms with Crippen LogP contribution in [0.1, 0.15) is 36.2 Å². The molecule has 1 aliphatic heterocycles. The molecule has 2 fully saturated rings. The summed E-state index contributed by atoms with van der Waals surface area (Å²) in [5, 5.41) is 11.6. The van der Waals surface area contributed by atoms with Crippen molar-refractivity contribution in [2.24, 2.45) is 10.9 Å². The highest BCUT2D eigenvalue weighted by atomic mass is 127. The SMILES string of the molecule is CN=C(NCc1ccccc1-n1nc(C)cc1C)NCC1CCN(C2CC2)C1.I. The van der Waals surface area contributed by atoms with Gasteiger partial charge in [-0.15, -0.1) is 24.0 Å². The van der Waals surface area contributed by atoms with Crippen molar-refractivity contribution in [3.05, 3.63) is 47.3 Å². The number of halogens is 1. The van der Waals surface area contributed by atoms with Crippen molar-refractivity contribution in [1.82, 2.24) is 25.3 Å². The van der Waals surface area contributed by atoms with Crippen LogP contribution in [0.25, 0.3) is 5.69 Å². The molecule has 1 unspecified atom stereocenters. The molecular formula is C22H33IN6. The third-order valence-electron chi connectivity index (χ3n) is 5.84. The molecular weight excluding hydrogens is 475 g/mol. The molecule has 29 heavy (non-hydrogen) atoms. The van der Waals surface area contributed by atoms with Crippen LogP contribution in [0.15, 0.2) is 35.3 Å². The summed E-state index contributed by atoms with van der Waals surface area (Å²) in [4.78, 5) is 7.07. The second-order valence-corrected chi connectivity index (χ2v) is 8.16. The molecule has 1 saturated carbocycles. The minimum atomic E-state index is 0. The summed E-state index contributed by atoms with van der Waals surface area (Å²) in [6.45, 7) is 8.32. The van der Waals surface area contributed by atoms with Gasteiger partial charge in [-0.05, 0) is 63.3 Å². The maximum atomic E-state index is 4.64. The summed E-state index contributed by atoms with van der Waals surface area (Å²) in [7, 11) is 1.84. The summed E-state index contributed by atoms with van der Waals surface area (Å²) in [5.41, 5.74) is 4.51. The Bertz CT molecular complexity index is 842. The first-order chi connectivity index (χ1) is 13.6. The summed E-state index contributed by atoms with van der Waals surface area (Å²) in [6.07, 6.45) is 4.09. The zero-order chi connectivity index (χ0) is 19.5. The van der Waals surface area contributed by atoms with Gasteiger partial charge in [0.1, 0.15) is 0 Å². The number of hydrogen-bond donors (Lipinski definition) is 2. The fourth-order valence-corrected chi connectivity index (χ4v) is 4.18. The van der Waals surface area contributed by atoms with E-state index in [0.717, 1.165) is 41.5 Å². The molecule has 1 aromatic heterocycles. The van der Waals surface area contributed by atoms with Crippen LogP contribution in [0.5, 0.6) is 0 Å². The Morgan fingerprint density at radius 1 is 1.17 bits per heavy atom. The van der Waals surface area contributed by atoms with Crippen molar-refractivity contribution < 1.29 is 0 Å². The van der Waals surface area contributed by atoms with Gasteiger partial charge in [-0.3, -0.25) is 4.99 Å². The summed E-state index contributed by atoms with van der Waals surface area (Å²) in [6, 6.07) is 11.4. The fraction of sp³-hybridized carbons (Fsp3) is 0.545. The summed E-state index contributed by atoms with van der Waals surface area (Å²) < 4.78 is 2.02. The van der Waals surface area contributed by atoms with Gasteiger partial charge in [0.05, 0.1) is 11.4 Å². The number of nitrogens with zero attached hydrogens (tertiary/aromatic N) is 4. The monoisotopic (exact) mass is 508 g/mol. The molecule has 0 spiro atoms. The maximum absolute atomic E-state index is 4.64. The van der Waals surface area contributed by atoms with Crippen molar-refractivity contribution >= 4 is 29.9 Å². The normalized spacial score (nSPS) is 19.8. The summed E-state index contributed by atoms with van der Waals surface area (Å²) >= 11 is 0. The Morgan fingerprint density at radius 3 is 2.66 bits per heavy atom. The second-order valence-electron chi connectivity index (χ2n) is 8.16. The molecule has 2 aromatic rings. The molecule has 4 rings (SSSR count). The number of para-hydroxylation sites is 1. The van der Waals surface area contributed by atoms with Crippen LogP contribution in [-0.2, 0) is 6.54 Å². The Kier molecular flexibility index (Phi) is 7.56. The number of hydrogen-bond acceptors (Lipinski definition) is 3. The Morgan fingerprint density at radius 2 is 1.97 bits per heavy atom. The van der Waals surface area contributed by atoms with Gasteiger partial charge >= 0.3 is 0 Å². The molecule has 2 heterocycles. The van der Waals surface area contributed by atoms with Crippen LogP contribution >= 0.6 is 24.0 Å². The lowest BCUT2D eigenvalue weighted by atomic mass is 10.1. The first-order valence-corrected chi connectivity index (χ1v) is 10.4. The zero-order valence-corrected chi connectivity index (χ0v) is 20.0. The van der Waals surface area contributed by atoms with Gasteiger partial charge < -0.3 is 15.5 Å². The van der Waals surface area contributed by atoms with E-state index in [1.165, 1.54) is 37.9 Å². The first kappa shape index (κ1) is 22.1. The topological polar surface area (TPSA) is 57.5 Å². The van der Waals surface area contributed by atoms with Crippen molar-refractivity contribution in [3.63, 3.8) is 0 Å². The number of likely N-dealkylation sites (tertiary alicyclic amines) is 1. The van der Waals surface area contributed by atoms with Crippen LogP contribution in [0.3, 0.4) is 0 Å². The van der Waals surface area contributed by atoms with Crippen LogP contribution in [0.2, 0.25) is 0 Å². The number of guanidine groups is 1. The molecule has 1 saturated heterocycles. The smallest absolute Gasteiger partial charge is 0.191 e. The number of aliphatic imine (C=N–C) groups is 1. The fourth-order valence-electron chi connectivity index (χ4n) is 4.18. The van der Waals surface area contributed by atoms with E-state index < -0.39 is 0 Å². The molecule has 7 heteroatoms. The van der Waals surface area contributed by atoms with E-state index in [-0.39, 0.29) is 24.0 Å². The standard InChI is InChI=1S/C22H32N6.HI/c1-16-12-17(2)28(26-16)21-7-5-4-6-19(21)14-25-22(23-3)24-13-18-10-11-27(15-18)20-8-9-20;/h4-7,12,18,20H,8-11,13-15H2,1-3H3,(H2,23,24,25);1H. The molecule has 1 atom stereocenters. The molecule has 0 amide bonds. The van der Waals surface area contributed by atoms with Gasteiger partial charge in [-0.25, -0.2) is 4.68 Å². The van der Waals surface area contributed by atoms with E-state index in [9.17, 15) is 0 Å². The van der Waals surface area contributed by atoms with Crippen molar-refractivity contribution in [2.75, 3.05) is 26.7 Å². The molecule has 0 bridgehead atoms. The van der Waals surface area contributed by atoms with Gasteiger partial charge in [-0.2, -0.15) is 5.10 Å². The van der Waals surface area contributed by atoms with Gasteiger partial charge in [0, 0.05) is 38.4 Å². The second kappa shape index (κ2) is 9.93. The lowest BCUT2D eigenvalue weighted by Crippen LogP contribution is -2.40. The van der Waals surface area contributed by atoms with Crippen molar-refractivity contribution in [3.8, 4) is 5.69 Å². The van der Waals surface area contributed by atoms with Crippen LogP contribution in [0, 0.1) is 19.8 Å². The first-order valence-electron chi connectivity index (χ1n) is 10.4. The molecule has 2 N–H and O–H groups in total. The van der Waals surface area contributed by atoms with E-state index in [2.05, 4.69) is 62.9 Å². The number of nitrogens with one attached hydrogen (secondary N) is 2. The van der Waals surface area contributed by atoms with E-state index in [1.807, 2.05) is 18.7 Å². The summed E-state index contributed by atoms with van der Waals surface area (Å²) in [5.74, 6) is 1.59. The maximum Gasteiger partial charge on any atom is 0.191 e. The Hall–Kier alpha value is -1.61. The third-order valence-corrected chi connectivity index (χ3v) is 5.84. The third kappa shape index (κ3) is 5.51. The number of aryl methyl sites for hydroxylation is 2. The van der Waals surface area contributed by atoms with Gasteiger partial charge in [-0.1, -0.05) is 18.2 Å². The van der Waals surface area contributed by atoms with E-state index in [1.54, 1.807) is 0 Å². The molecule has 1 aromatic carbocycles. The van der Waals surface area contributed by atoms with Crippen LogP contribution in [-0.4, -0.2) is 53.4 Å². The minimum absolute atomic E-state index is 0.